The normalized spacial score (nSPS) is 30.3. The molecule has 0 unspecified atom stereocenters. The highest BCUT2D eigenvalue weighted by Gasteiger charge is 2.31. The third-order valence-electron chi connectivity index (χ3n) is 4.12. The average Bonchev–Trinajstić information content (AvgIpc) is 2.35. The van der Waals surface area contributed by atoms with Crippen molar-refractivity contribution in [3.05, 3.63) is 0 Å². The molecule has 0 aromatic heterocycles. The summed E-state index contributed by atoms with van der Waals surface area (Å²) in [5, 5.41) is 17.9. The van der Waals surface area contributed by atoms with Crippen molar-refractivity contribution in [1.82, 2.24) is 4.90 Å². The molecule has 0 atom stereocenters. The van der Waals surface area contributed by atoms with Gasteiger partial charge in [-0.1, -0.05) is 0 Å². The van der Waals surface area contributed by atoms with Crippen molar-refractivity contribution in [3.63, 3.8) is 0 Å². The van der Waals surface area contributed by atoms with Gasteiger partial charge in [-0.05, 0) is 51.5 Å². The average molecular weight is 257 g/mol. The van der Waals surface area contributed by atoms with Crippen LogP contribution in [0.5, 0.6) is 0 Å². The van der Waals surface area contributed by atoms with Crippen LogP contribution in [0.15, 0.2) is 0 Å². The molecule has 4 nitrogen and oxygen atoms in total. The summed E-state index contributed by atoms with van der Waals surface area (Å²) in [6.45, 7) is 3.76. The third-order valence-corrected chi connectivity index (χ3v) is 4.12. The van der Waals surface area contributed by atoms with Crippen molar-refractivity contribution >= 4 is 0 Å². The number of hydrogen-bond donors (Lipinski definition) is 2. The first-order chi connectivity index (χ1) is 8.78. The van der Waals surface area contributed by atoms with E-state index in [1.165, 1.54) is 6.42 Å². The second kappa shape index (κ2) is 7.43. The lowest BCUT2D eigenvalue weighted by Gasteiger charge is -2.38. The van der Waals surface area contributed by atoms with Crippen LogP contribution in [-0.2, 0) is 4.74 Å². The molecule has 2 rings (SSSR count). The van der Waals surface area contributed by atoms with E-state index in [0.29, 0.717) is 18.8 Å². The van der Waals surface area contributed by atoms with Gasteiger partial charge < -0.3 is 19.8 Å². The maximum absolute atomic E-state index is 9.22. The molecule has 106 valence electrons. The Balaban J connectivity index is 1.51. The van der Waals surface area contributed by atoms with Crippen LogP contribution in [0.1, 0.15) is 44.9 Å². The van der Waals surface area contributed by atoms with E-state index in [-0.39, 0.29) is 6.10 Å². The van der Waals surface area contributed by atoms with Gasteiger partial charge in [0.05, 0.1) is 18.3 Å². The zero-order valence-electron chi connectivity index (χ0n) is 11.3. The Morgan fingerprint density at radius 1 is 1.00 bits per heavy atom. The van der Waals surface area contributed by atoms with Crippen molar-refractivity contribution in [2.24, 2.45) is 0 Å². The Morgan fingerprint density at radius 2 is 1.72 bits per heavy atom. The molecule has 0 aromatic carbocycles. The van der Waals surface area contributed by atoms with Crippen LogP contribution < -0.4 is 0 Å². The molecule has 1 heterocycles. The van der Waals surface area contributed by atoms with E-state index >= 15 is 0 Å². The Kier molecular flexibility index (Phi) is 5.89. The molecule has 0 bridgehead atoms. The fourth-order valence-electron chi connectivity index (χ4n) is 2.81. The third kappa shape index (κ3) is 4.50. The molecule has 0 aromatic rings. The number of rotatable bonds is 7. The summed E-state index contributed by atoms with van der Waals surface area (Å²) in [4.78, 5) is 2.51. The summed E-state index contributed by atoms with van der Waals surface area (Å²) in [6, 6.07) is 0. The van der Waals surface area contributed by atoms with Crippen molar-refractivity contribution in [2.45, 2.75) is 63.3 Å². The van der Waals surface area contributed by atoms with Gasteiger partial charge in [-0.3, -0.25) is 0 Å². The van der Waals surface area contributed by atoms with E-state index in [4.69, 9.17) is 9.84 Å². The molecule has 1 saturated heterocycles. The molecule has 1 saturated carbocycles. The van der Waals surface area contributed by atoms with Crippen molar-refractivity contribution < 1.29 is 14.9 Å². The van der Waals surface area contributed by atoms with Gasteiger partial charge in [0.25, 0.3) is 0 Å². The first-order valence-corrected chi connectivity index (χ1v) is 7.44. The summed E-state index contributed by atoms with van der Waals surface area (Å²) in [7, 11) is 0. The first-order valence-electron chi connectivity index (χ1n) is 7.44. The van der Waals surface area contributed by atoms with Gasteiger partial charge in [0.1, 0.15) is 0 Å². The molecular weight excluding hydrogens is 230 g/mol. The van der Waals surface area contributed by atoms with E-state index in [0.717, 1.165) is 58.2 Å². The maximum atomic E-state index is 9.22. The molecule has 2 N–H and O–H groups in total. The highest BCUT2D eigenvalue weighted by atomic mass is 16.5. The van der Waals surface area contributed by atoms with Crippen molar-refractivity contribution in [2.75, 3.05) is 26.2 Å². The molecule has 2 aliphatic rings. The predicted molar refractivity (Wildman–Crippen MR) is 70.5 cm³/mol. The molecule has 1 aliphatic heterocycles. The van der Waals surface area contributed by atoms with Crippen LogP contribution in [0.2, 0.25) is 0 Å². The standard InChI is InChI=1S/C14H27NO3/c16-9-3-1-2-6-15-7-4-13(5-8-15)18-14-10-12(17)11-14/h12-14,16-17H,1-11H2. The lowest BCUT2D eigenvalue weighted by molar-refractivity contribution is -0.116. The number of aliphatic hydroxyl groups excluding tert-OH is 2. The van der Waals surface area contributed by atoms with Gasteiger partial charge >= 0.3 is 0 Å². The van der Waals surface area contributed by atoms with Gasteiger partial charge in [0, 0.05) is 19.7 Å². The number of piperidine rings is 1. The quantitative estimate of drug-likeness (QED) is 0.672. The van der Waals surface area contributed by atoms with Crippen LogP contribution in [-0.4, -0.2) is 59.7 Å². The van der Waals surface area contributed by atoms with Gasteiger partial charge in [-0.25, -0.2) is 0 Å². The summed E-state index contributed by atoms with van der Waals surface area (Å²) in [6.07, 6.45) is 7.82. The minimum absolute atomic E-state index is 0.110. The lowest BCUT2D eigenvalue weighted by atomic mass is 9.92. The summed E-state index contributed by atoms with van der Waals surface area (Å²) in [5.41, 5.74) is 0. The van der Waals surface area contributed by atoms with Crippen molar-refractivity contribution in [3.8, 4) is 0 Å². The van der Waals surface area contributed by atoms with Gasteiger partial charge in [-0.15, -0.1) is 0 Å². The van der Waals surface area contributed by atoms with E-state index < -0.39 is 0 Å². The van der Waals surface area contributed by atoms with E-state index in [1.54, 1.807) is 0 Å². The van der Waals surface area contributed by atoms with E-state index in [1.807, 2.05) is 0 Å². The van der Waals surface area contributed by atoms with Gasteiger partial charge in [0.15, 0.2) is 0 Å². The second-order valence-corrected chi connectivity index (χ2v) is 5.71. The SMILES string of the molecule is OCCCCCN1CCC(OC2CC(O)C2)CC1. The van der Waals surface area contributed by atoms with Gasteiger partial charge in [-0.2, -0.15) is 0 Å². The highest BCUT2D eigenvalue weighted by Crippen LogP contribution is 2.27. The summed E-state index contributed by atoms with van der Waals surface area (Å²) >= 11 is 0. The molecule has 0 radical (unpaired) electrons. The molecule has 4 heteroatoms. The number of ether oxygens (including phenoxy) is 1. The molecule has 1 aliphatic carbocycles. The molecule has 0 amide bonds. The predicted octanol–water partition coefficient (Wildman–Crippen LogP) is 1.15. The molecule has 2 fully saturated rings. The first kappa shape index (κ1) is 14.3. The fourth-order valence-corrected chi connectivity index (χ4v) is 2.81. The van der Waals surface area contributed by atoms with Crippen LogP contribution >= 0.6 is 0 Å². The smallest absolute Gasteiger partial charge is 0.0628 e. The molecule has 0 spiro atoms. The number of nitrogens with zero attached hydrogens (tertiary/aromatic N) is 1. The minimum atomic E-state index is -0.110. The monoisotopic (exact) mass is 257 g/mol. The van der Waals surface area contributed by atoms with Gasteiger partial charge in [0.2, 0.25) is 0 Å². The Hall–Kier alpha value is -0.160. The lowest BCUT2D eigenvalue weighted by Crippen LogP contribution is -2.43. The summed E-state index contributed by atoms with van der Waals surface area (Å²) in [5.74, 6) is 0. The van der Waals surface area contributed by atoms with Crippen LogP contribution in [0.3, 0.4) is 0 Å². The molecular formula is C14H27NO3. The fraction of sp³-hybridized carbons (Fsp3) is 1.00. The molecule has 18 heavy (non-hydrogen) atoms. The maximum Gasteiger partial charge on any atom is 0.0628 e. The Labute approximate surface area is 110 Å². The number of hydrogen-bond acceptors (Lipinski definition) is 4. The number of aliphatic hydroxyl groups is 2. The second-order valence-electron chi connectivity index (χ2n) is 5.71. The summed E-state index contributed by atoms with van der Waals surface area (Å²) < 4.78 is 5.97. The Bertz CT molecular complexity index is 223. The topological polar surface area (TPSA) is 52.9 Å². The van der Waals surface area contributed by atoms with E-state index in [2.05, 4.69) is 4.90 Å². The van der Waals surface area contributed by atoms with E-state index in [9.17, 15) is 5.11 Å². The number of unbranched alkanes of at least 4 members (excludes halogenated alkanes) is 2. The number of likely N-dealkylation sites (tertiary alicyclic amines) is 1. The zero-order chi connectivity index (χ0) is 12.8. The minimum Gasteiger partial charge on any atom is -0.396 e. The highest BCUT2D eigenvalue weighted by molar-refractivity contribution is 4.82. The van der Waals surface area contributed by atoms with Crippen LogP contribution in [0.25, 0.3) is 0 Å². The zero-order valence-corrected chi connectivity index (χ0v) is 11.3. The largest absolute Gasteiger partial charge is 0.396 e. The van der Waals surface area contributed by atoms with Crippen molar-refractivity contribution in [1.29, 1.82) is 0 Å². The van der Waals surface area contributed by atoms with Crippen LogP contribution in [0.4, 0.5) is 0 Å². The Morgan fingerprint density at radius 3 is 2.33 bits per heavy atom. The van der Waals surface area contributed by atoms with Crippen LogP contribution in [0, 0.1) is 0 Å².